The second kappa shape index (κ2) is 5.95. The SMILES string of the molecule is CCN(C)C(=O)COc1ccc(I)cc1. The van der Waals surface area contributed by atoms with Crippen LogP contribution in [0.5, 0.6) is 5.75 Å². The predicted octanol–water partition coefficient (Wildman–Crippen LogP) is 2.15. The molecule has 0 saturated heterocycles. The lowest BCUT2D eigenvalue weighted by molar-refractivity contribution is -0.131. The molecule has 4 heteroatoms. The number of hydrogen-bond donors (Lipinski definition) is 0. The fourth-order valence-corrected chi connectivity index (χ4v) is 1.32. The van der Waals surface area contributed by atoms with E-state index in [0.29, 0.717) is 6.54 Å². The van der Waals surface area contributed by atoms with E-state index < -0.39 is 0 Å². The van der Waals surface area contributed by atoms with Gasteiger partial charge in [0.05, 0.1) is 0 Å². The molecule has 0 spiro atoms. The molecular formula is C11H14INO2. The minimum absolute atomic E-state index is 0.00366. The van der Waals surface area contributed by atoms with Crippen molar-refractivity contribution in [3.63, 3.8) is 0 Å². The Balaban J connectivity index is 2.43. The molecule has 3 nitrogen and oxygen atoms in total. The van der Waals surface area contributed by atoms with Crippen LogP contribution >= 0.6 is 22.6 Å². The summed E-state index contributed by atoms with van der Waals surface area (Å²) in [6.07, 6.45) is 0. The van der Waals surface area contributed by atoms with Crippen molar-refractivity contribution in [3.05, 3.63) is 27.8 Å². The molecule has 0 bridgehead atoms. The Morgan fingerprint density at radius 2 is 2.00 bits per heavy atom. The average molecular weight is 319 g/mol. The molecule has 0 aliphatic rings. The number of hydrogen-bond acceptors (Lipinski definition) is 2. The molecule has 0 saturated carbocycles. The Morgan fingerprint density at radius 1 is 1.40 bits per heavy atom. The highest BCUT2D eigenvalue weighted by Crippen LogP contribution is 2.13. The van der Waals surface area contributed by atoms with Crippen molar-refractivity contribution in [2.45, 2.75) is 6.92 Å². The molecule has 0 unspecified atom stereocenters. The lowest BCUT2D eigenvalue weighted by atomic mass is 10.3. The van der Waals surface area contributed by atoms with Gasteiger partial charge >= 0.3 is 0 Å². The van der Waals surface area contributed by atoms with Crippen molar-refractivity contribution in [1.29, 1.82) is 0 Å². The summed E-state index contributed by atoms with van der Waals surface area (Å²) in [5.41, 5.74) is 0. The molecule has 0 fully saturated rings. The third-order valence-corrected chi connectivity index (χ3v) is 2.80. The Morgan fingerprint density at radius 3 is 2.53 bits per heavy atom. The highest BCUT2D eigenvalue weighted by molar-refractivity contribution is 14.1. The summed E-state index contributed by atoms with van der Waals surface area (Å²) < 4.78 is 6.50. The number of likely N-dealkylation sites (N-methyl/N-ethyl adjacent to an activating group) is 1. The number of carbonyl (C=O) groups excluding carboxylic acids is 1. The van der Waals surface area contributed by atoms with E-state index in [-0.39, 0.29) is 12.5 Å². The minimum Gasteiger partial charge on any atom is -0.484 e. The smallest absolute Gasteiger partial charge is 0.260 e. The Hall–Kier alpha value is -0.780. The summed E-state index contributed by atoms with van der Waals surface area (Å²) in [7, 11) is 1.76. The zero-order valence-corrected chi connectivity index (χ0v) is 11.0. The zero-order valence-electron chi connectivity index (χ0n) is 8.87. The molecule has 0 heterocycles. The third kappa shape index (κ3) is 4.07. The van der Waals surface area contributed by atoms with E-state index in [0.717, 1.165) is 9.32 Å². The first kappa shape index (κ1) is 12.3. The van der Waals surface area contributed by atoms with Crippen molar-refractivity contribution in [1.82, 2.24) is 4.90 Å². The van der Waals surface area contributed by atoms with Crippen LogP contribution in [0.3, 0.4) is 0 Å². The number of rotatable bonds is 4. The Bertz CT molecular complexity index is 324. The molecule has 1 aromatic carbocycles. The number of carbonyl (C=O) groups is 1. The van der Waals surface area contributed by atoms with Gasteiger partial charge in [-0.15, -0.1) is 0 Å². The van der Waals surface area contributed by atoms with Gasteiger partial charge in [-0.3, -0.25) is 4.79 Å². The van der Waals surface area contributed by atoms with Gasteiger partial charge in [0.1, 0.15) is 5.75 Å². The van der Waals surface area contributed by atoms with Crippen LogP contribution in [0.25, 0.3) is 0 Å². The van der Waals surface area contributed by atoms with Crippen molar-refractivity contribution in [3.8, 4) is 5.75 Å². The van der Waals surface area contributed by atoms with Crippen LogP contribution in [0.1, 0.15) is 6.92 Å². The van der Waals surface area contributed by atoms with Gasteiger partial charge < -0.3 is 9.64 Å². The molecule has 0 aliphatic carbocycles. The molecular weight excluding hydrogens is 305 g/mol. The zero-order chi connectivity index (χ0) is 11.3. The van der Waals surface area contributed by atoms with Crippen LogP contribution in [0.4, 0.5) is 0 Å². The van der Waals surface area contributed by atoms with Gasteiger partial charge in [-0.05, 0) is 53.8 Å². The summed E-state index contributed by atoms with van der Waals surface area (Å²) in [4.78, 5) is 13.0. The Labute approximate surface area is 104 Å². The fraction of sp³-hybridized carbons (Fsp3) is 0.364. The second-order valence-electron chi connectivity index (χ2n) is 3.15. The molecule has 1 rings (SSSR count). The topological polar surface area (TPSA) is 29.5 Å². The van der Waals surface area contributed by atoms with Crippen LogP contribution in [-0.4, -0.2) is 31.0 Å². The van der Waals surface area contributed by atoms with Crippen LogP contribution in [-0.2, 0) is 4.79 Å². The van der Waals surface area contributed by atoms with E-state index in [1.54, 1.807) is 11.9 Å². The van der Waals surface area contributed by atoms with E-state index in [4.69, 9.17) is 4.74 Å². The van der Waals surface area contributed by atoms with Crippen LogP contribution in [0.2, 0.25) is 0 Å². The third-order valence-electron chi connectivity index (χ3n) is 2.08. The van der Waals surface area contributed by atoms with Crippen molar-refractivity contribution in [2.75, 3.05) is 20.2 Å². The first-order chi connectivity index (χ1) is 7.13. The van der Waals surface area contributed by atoms with Gasteiger partial charge in [0, 0.05) is 17.2 Å². The maximum absolute atomic E-state index is 11.4. The monoisotopic (exact) mass is 319 g/mol. The molecule has 0 atom stereocenters. The summed E-state index contributed by atoms with van der Waals surface area (Å²) in [5.74, 6) is 0.726. The quantitative estimate of drug-likeness (QED) is 0.796. The van der Waals surface area contributed by atoms with Crippen molar-refractivity contribution < 1.29 is 9.53 Å². The summed E-state index contributed by atoms with van der Waals surface area (Å²) in [5, 5.41) is 0. The Kier molecular flexibility index (Phi) is 4.87. The van der Waals surface area contributed by atoms with E-state index >= 15 is 0 Å². The molecule has 0 radical (unpaired) electrons. The summed E-state index contributed by atoms with van der Waals surface area (Å²) >= 11 is 2.22. The second-order valence-corrected chi connectivity index (χ2v) is 4.40. The first-order valence-corrected chi connectivity index (χ1v) is 5.83. The molecule has 1 aromatic rings. The van der Waals surface area contributed by atoms with Gasteiger partial charge in [0.15, 0.2) is 6.61 Å². The van der Waals surface area contributed by atoms with Crippen LogP contribution < -0.4 is 4.74 Å². The van der Waals surface area contributed by atoms with Crippen molar-refractivity contribution in [2.24, 2.45) is 0 Å². The predicted molar refractivity (Wildman–Crippen MR) is 68.0 cm³/mol. The average Bonchev–Trinajstić information content (AvgIpc) is 2.26. The lowest BCUT2D eigenvalue weighted by Gasteiger charge is -2.14. The number of benzene rings is 1. The molecule has 0 aromatic heterocycles. The number of halogens is 1. The fourth-order valence-electron chi connectivity index (χ4n) is 0.962. The van der Waals surface area contributed by atoms with Crippen LogP contribution in [0, 0.1) is 3.57 Å². The molecule has 0 aliphatic heterocycles. The van der Waals surface area contributed by atoms with Gasteiger partial charge in [0.25, 0.3) is 5.91 Å². The van der Waals surface area contributed by atoms with E-state index in [1.165, 1.54) is 0 Å². The molecule has 1 amide bonds. The maximum atomic E-state index is 11.4. The van der Waals surface area contributed by atoms with Gasteiger partial charge in [-0.1, -0.05) is 0 Å². The standard InChI is InChI=1S/C11H14INO2/c1-3-13(2)11(14)8-15-10-6-4-9(12)5-7-10/h4-7H,3,8H2,1-2H3. The summed E-state index contributed by atoms with van der Waals surface area (Å²) in [6.45, 7) is 2.74. The minimum atomic E-state index is -0.00366. The van der Waals surface area contributed by atoms with E-state index in [9.17, 15) is 4.79 Å². The number of ether oxygens (including phenoxy) is 1. The summed E-state index contributed by atoms with van der Waals surface area (Å²) in [6, 6.07) is 7.62. The number of amides is 1. The van der Waals surface area contributed by atoms with E-state index in [1.807, 2.05) is 31.2 Å². The van der Waals surface area contributed by atoms with Gasteiger partial charge in [-0.2, -0.15) is 0 Å². The normalized spacial score (nSPS) is 9.80. The van der Waals surface area contributed by atoms with Gasteiger partial charge in [-0.25, -0.2) is 0 Å². The highest BCUT2D eigenvalue weighted by Gasteiger charge is 2.06. The largest absolute Gasteiger partial charge is 0.484 e. The van der Waals surface area contributed by atoms with Crippen molar-refractivity contribution >= 4 is 28.5 Å². The highest BCUT2D eigenvalue weighted by atomic mass is 127. The van der Waals surface area contributed by atoms with Crippen LogP contribution in [0.15, 0.2) is 24.3 Å². The molecule has 15 heavy (non-hydrogen) atoms. The lowest BCUT2D eigenvalue weighted by Crippen LogP contribution is -2.31. The number of nitrogens with zero attached hydrogens (tertiary/aromatic N) is 1. The first-order valence-electron chi connectivity index (χ1n) is 4.75. The van der Waals surface area contributed by atoms with E-state index in [2.05, 4.69) is 22.6 Å². The molecule has 82 valence electrons. The maximum Gasteiger partial charge on any atom is 0.260 e. The van der Waals surface area contributed by atoms with Gasteiger partial charge in [0.2, 0.25) is 0 Å². The molecule has 0 N–H and O–H groups in total.